The van der Waals surface area contributed by atoms with Crippen LogP contribution < -0.4 is 10.6 Å². The lowest BCUT2D eigenvalue weighted by molar-refractivity contribution is -0.188. The largest absolute Gasteiger partial charge is 0.479 e. The van der Waals surface area contributed by atoms with Crippen molar-refractivity contribution < 1.29 is 39.5 Å². The number of rotatable bonds is 12. The van der Waals surface area contributed by atoms with Crippen LogP contribution in [-0.4, -0.2) is 105 Å². The number of aliphatic carboxylic acids is 2. The summed E-state index contributed by atoms with van der Waals surface area (Å²) in [4.78, 5) is 39.1. The Morgan fingerprint density at radius 2 is 1.67 bits per heavy atom. The van der Waals surface area contributed by atoms with Crippen LogP contribution in [0.1, 0.15) is 32.3 Å². The summed E-state index contributed by atoms with van der Waals surface area (Å²) >= 11 is 5.94. The number of halogens is 1. The molecule has 0 radical (unpaired) electrons. The molecule has 45 heavy (non-hydrogen) atoms. The molecule has 0 spiro atoms. The molecule has 1 fully saturated rings. The fourth-order valence-corrected chi connectivity index (χ4v) is 4.81. The molecule has 1 aliphatic rings. The lowest BCUT2D eigenvalue weighted by Crippen LogP contribution is -2.52. The van der Waals surface area contributed by atoms with Crippen LogP contribution in [0, 0.1) is 18.3 Å². The van der Waals surface area contributed by atoms with Crippen LogP contribution in [0.2, 0.25) is 5.28 Å². The van der Waals surface area contributed by atoms with Gasteiger partial charge in [-0.1, -0.05) is 31.9 Å². The smallest absolute Gasteiger partial charge is 0.348 e. The maximum absolute atomic E-state index is 12.3. The van der Waals surface area contributed by atoms with Crippen LogP contribution in [0.5, 0.6) is 0 Å². The van der Waals surface area contributed by atoms with Crippen LogP contribution in [0.15, 0.2) is 30.6 Å². The van der Waals surface area contributed by atoms with Gasteiger partial charge in [0.15, 0.2) is 11.5 Å². The van der Waals surface area contributed by atoms with E-state index in [-0.39, 0.29) is 17.6 Å². The summed E-state index contributed by atoms with van der Waals surface area (Å²) in [7, 11) is 3.38. The zero-order valence-corrected chi connectivity index (χ0v) is 26.9. The van der Waals surface area contributed by atoms with Gasteiger partial charge in [0.2, 0.25) is 5.28 Å². The predicted octanol–water partition coefficient (Wildman–Crippen LogP) is 2.34. The molecule has 0 amide bonds. The van der Waals surface area contributed by atoms with Gasteiger partial charge in [-0.15, -0.1) is 6.42 Å². The van der Waals surface area contributed by atoms with Gasteiger partial charge in [0.05, 0.1) is 25.0 Å². The highest BCUT2D eigenvalue weighted by atomic mass is 35.5. The Balaban J connectivity index is 0.00000159. The van der Waals surface area contributed by atoms with Gasteiger partial charge in [0, 0.05) is 53.1 Å². The number of fused-ring (bicyclic) bond motifs is 1. The minimum atomic E-state index is -2.55. The Labute approximate surface area is 267 Å². The third-order valence-electron chi connectivity index (χ3n) is 6.87. The molecule has 6 N–H and O–H groups in total. The Kier molecular flexibility index (Phi) is 16.8. The van der Waals surface area contributed by atoms with Crippen molar-refractivity contribution >= 4 is 46.2 Å². The zero-order chi connectivity index (χ0) is 34.2. The number of aliphatic hydroxyl groups excluding tert-OH is 2. The number of methoxy groups -OCH3 is 1. The molecule has 0 bridgehead atoms. The Bertz CT molecular complexity index is 1380. The number of ether oxygens (including phenoxy) is 2. The van der Waals surface area contributed by atoms with Crippen LogP contribution >= 0.6 is 11.6 Å². The molecule has 2 unspecified atom stereocenters. The predicted molar refractivity (Wildman–Crippen MR) is 171 cm³/mol. The van der Waals surface area contributed by atoms with Crippen molar-refractivity contribution in [3.8, 4) is 12.3 Å². The fourth-order valence-electron chi connectivity index (χ4n) is 4.64. The van der Waals surface area contributed by atoms with Gasteiger partial charge in [0.1, 0.15) is 5.52 Å². The lowest BCUT2D eigenvalue weighted by Gasteiger charge is -2.29. The number of carboxylic acids is 2. The fraction of sp³-hybridized carbons (Fsp3) is 0.500. The number of hydrogen-bond donors (Lipinski definition) is 5. The first-order valence-corrected chi connectivity index (χ1v) is 14.5. The normalized spacial score (nSPS) is 13.6. The van der Waals surface area contributed by atoms with Crippen molar-refractivity contribution in [1.29, 1.82) is 0 Å². The van der Waals surface area contributed by atoms with Gasteiger partial charge in [0.25, 0.3) is 5.60 Å². The number of carboxylic acid groups (broad SMARTS) is 2. The van der Waals surface area contributed by atoms with E-state index in [2.05, 4.69) is 25.8 Å². The highest BCUT2D eigenvalue weighted by molar-refractivity contribution is 6.28. The monoisotopic (exact) mass is 650 g/mol. The number of aromatic nitrogens is 4. The highest BCUT2D eigenvalue weighted by Crippen LogP contribution is 2.26. The van der Waals surface area contributed by atoms with Crippen molar-refractivity contribution in [2.24, 2.45) is 5.92 Å². The molecule has 14 nitrogen and oxygen atoms in total. The molecule has 15 heteroatoms. The minimum absolute atomic E-state index is 0.0632. The number of nitrogens with zero attached hydrogens (tertiary/aromatic N) is 5. The van der Waals surface area contributed by atoms with Crippen molar-refractivity contribution in [2.45, 2.75) is 51.4 Å². The van der Waals surface area contributed by atoms with Gasteiger partial charge < -0.3 is 45.1 Å². The van der Waals surface area contributed by atoms with Gasteiger partial charge in [-0.25, -0.2) is 14.6 Å². The van der Waals surface area contributed by atoms with E-state index in [4.69, 9.17) is 43.4 Å². The molecule has 2 aromatic heterocycles. The summed E-state index contributed by atoms with van der Waals surface area (Å²) in [6.45, 7) is 5.63. The van der Waals surface area contributed by atoms with Gasteiger partial charge in [-0.2, -0.15) is 9.97 Å². The van der Waals surface area contributed by atoms with E-state index in [9.17, 15) is 19.8 Å². The second-order valence-corrected chi connectivity index (χ2v) is 9.62. The molecule has 0 aliphatic carbocycles. The first-order chi connectivity index (χ1) is 21.7. The van der Waals surface area contributed by atoms with Crippen LogP contribution in [0.25, 0.3) is 11.2 Å². The molecule has 3 heterocycles. The minimum Gasteiger partial charge on any atom is -0.479 e. The van der Waals surface area contributed by atoms with Gasteiger partial charge in [-0.05, 0) is 42.1 Å². The average molecular weight is 651 g/mol. The summed E-state index contributed by atoms with van der Waals surface area (Å²) in [6.07, 6.45) is 8.22. The van der Waals surface area contributed by atoms with Crippen molar-refractivity contribution in [1.82, 2.24) is 19.5 Å². The van der Waals surface area contributed by atoms with E-state index in [1.54, 1.807) is 16.7 Å². The van der Waals surface area contributed by atoms with E-state index in [0.29, 0.717) is 16.7 Å². The molecule has 1 saturated heterocycles. The van der Waals surface area contributed by atoms with Crippen molar-refractivity contribution in [2.75, 3.05) is 51.7 Å². The molecule has 3 aromatic rings. The molecular formula is C30H43ClN6O8. The second kappa shape index (κ2) is 19.4. The zero-order valence-electron chi connectivity index (χ0n) is 26.2. The quantitative estimate of drug-likeness (QED) is 0.108. The standard InChI is InChI=1S/C26H29ClN6O6.C2H6.2CH4O/c1-3-17(13-33-15-29-20-21(28)30-25(27)31-22(20)33)19(38-2)14-39-26(23(34)35,24(36)37)12-16-6-8-18(9-7-16)32-10-4-5-11-32;3*1-2/h1,6-9,15,17,19H,4-5,10-14H2,2H3,(H,34,35)(H,36,37)(H2,28,30,31);1-2H3;2*2H,1H3. The van der Waals surface area contributed by atoms with E-state index >= 15 is 0 Å². The molecule has 4 rings (SSSR count). The number of nitrogens with two attached hydrogens (primary N) is 1. The Hall–Kier alpha value is -4.00. The van der Waals surface area contributed by atoms with Gasteiger partial charge in [-0.3, -0.25) is 0 Å². The van der Waals surface area contributed by atoms with Crippen molar-refractivity contribution in [3.05, 3.63) is 41.4 Å². The summed E-state index contributed by atoms with van der Waals surface area (Å²) in [5, 5.41) is 33.9. The number of nitrogen functional groups attached to an aromatic ring is 1. The summed E-state index contributed by atoms with van der Waals surface area (Å²) in [5.41, 5.74) is 5.51. The maximum Gasteiger partial charge on any atom is 0.348 e. The Morgan fingerprint density at radius 1 is 1.09 bits per heavy atom. The van der Waals surface area contributed by atoms with Gasteiger partial charge >= 0.3 is 11.9 Å². The topological polar surface area (TPSA) is 206 Å². The number of terminal acetylenes is 1. The number of anilines is 2. The molecule has 0 saturated carbocycles. The molecule has 1 aromatic carbocycles. The SMILES string of the molecule is C#CC(Cn1cnc2c(N)nc(Cl)nc21)C(COC(Cc1ccc(N2CCCC2)cc1)(C(=O)O)C(=O)O)OC.CC.CO.CO. The summed E-state index contributed by atoms with van der Waals surface area (Å²) in [5.74, 6) is -1.23. The lowest BCUT2D eigenvalue weighted by atomic mass is 9.93. The number of carbonyl (C=O) groups is 2. The van der Waals surface area contributed by atoms with Crippen LogP contribution in [0.4, 0.5) is 11.5 Å². The maximum atomic E-state index is 12.3. The number of hydrogen-bond acceptors (Lipinski definition) is 11. The average Bonchev–Trinajstić information content (AvgIpc) is 3.74. The van der Waals surface area contributed by atoms with E-state index in [1.807, 2.05) is 26.0 Å². The summed E-state index contributed by atoms with van der Waals surface area (Å²) < 4.78 is 12.8. The summed E-state index contributed by atoms with van der Waals surface area (Å²) in [6, 6.07) is 7.16. The van der Waals surface area contributed by atoms with E-state index in [1.165, 1.54) is 13.4 Å². The third-order valence-corrected chi connectivity index (χ3v) is 7.04. The molecule has 2 atom stereocenters. The number of imidazole rings is 1. The Morgan fingerprint density at radius 3 is 2.18 bits per heavy atom. The van der Waals surface area contributed by atoms with E-state index < -0.39 is 42.6 Å². The number of aliphatic hydroxyl groups is 2. The first kappa shape index (κ1) is 39.0. The molecule has 248 valence electrons. The van der Waals surface area contributed by atoms with Crippen LogP contribution in [-0.2, 0) is 32.0 Å². The first-order valence-electron chi connectivity index (χ1n) is 14.2. The number of benzene rings is 1. The second-order valence-electron chi connectivity index (χ2n) is 9.28. The van der Waals surface area contributed by atoms with Crippen LogP contribution in [0.3, 0.4) is 0 Å². The van der Waals surface area contributed by atoms with Crippen molar-refractivity contribution in [3.63, 3.8) is 0 Å². The molecule has 1 aliphatic heterocycles. The van der Waals surface area contributed by atoms with E-state index in [0.717, 1.165) is 45.8 Å². The highest BCUT2D eigenvalue weighted by Gasteiger charge is 2.49. The third kappa shape index (κ3) is 9.74. The molecular weight excluding hydrogens is 608 g/mol.